The molecule has 12 heteroatoms. The summed E-state index contributed by atoms with van der Waals surface area (Å²) in [5.74, 6) is -1.11. The van der Waals surface area contributed by atoms with Crippen molar-refractivity contribution < 1.29 is 23.9 Å². The summed E-state index contributed by atoms with van der Waals surface area (Å²) >= 11 is 2.26. The van der Waals surface area contributed by atoms with Crippen molar-refractivity contribution in [2.75, 3.05) is 24.2 Å². The number of nitrogens with zero attached hydrogens (tertiary/aromatic N) is 3. The monoisotopic (exact) mass is 441 g/mol. The molecule has 1 aliphatic heterocycles. The maximum atomic E-state index is 12.9. The number of thioether (sulfide) groups is 1. The molecule has 0 aromatic carbocycles. The second-order valence-corrected chi connectivity index (χ2v) is 9.15. The van der Waals surface area contributed by atoms with E-state index in [0.717, 1.165) is 47.3 Å². The van der Waals surface area contributed by atoms with Gasteiger partial charge in [-0.15, -0.1) is 10.2 Å². The van der Waals surface area contributed by atoms with E-state index in [1.165, 1.54) is 0 Å². The lowest BCUT2D eigenvalue weighted by atomic mass is 9.73. The van der Waals surface area contributed by atoms with Crippen molar-refractivity contribution in [1.29, 1.82) is 0 Å². The standard InChI is InChI=1S/C17H23N5O5S2/c1-3-27-12(24)9-28-16-21-20-14(29-16)18-11(23)8-22-13(25)17(19-15(22)26)7-5-4-6-10(17)2/h10H,3-9H2,1-2H3,(H,19,26)(H,18,20,23). The molecular formula is C17H23N5O5S2. The van der Waals surface area contributed by atoms with E-state index < -0.39 is 17.5 Å². The number of aromatic nitrogens is 2. The first-order chi connectivity index (χ1) is 13.9. The number of urea groups is 1. The number of carbonyl (C=O) groups excluding carboxylic acids is 4. The summed E-state index contributed by atoms with van der Waals surface area (Å²) in [4.78, 5) is 49.9. The van der Waals surface area contributed by atoms with Crippen LogP contribution in [0.2, 0.25) is 0 Å². The van der Waals surface area contributed by atoms with E-state index in [1.807, 2.05) is 6.92 Å². The van der Waals surface area contributed by atoms with Gasteiger partial charge in [0.25, 0.3) is 5.91 Å². The number of amides is 4. The molecule has 3 rings (SSSR count). The lowest BCUT2D eigenvalue weighted by molar-refractivity contribution is -0.139. The van der Waals surface area contributed by atoms with Gasteiger partial charge in [0.15, 0.2) is 4.34 Å². The highest BCUT2D eigenvalue weighted by atomic mass is 32.2. The molecule has 0 radical (unpaired) electrons. The Kier molecular flexibility index (Phi) is 6.73. The Hall–Kier alpha value is -2.21. The third kappa shape index (κ3) is 4.69. The first-order valence-electron chi connectivity index (χ1n) is 9.41. The van der Waals surface area contributed by atoms with Gasteiger partial charge in [-0.2, -0.15) is 0 Å². The van der Waals surface area contributed by atoms with Gasteiger partial charge in [0.05, 0.1) is 12.4 Å². The predicted molar refractivity (Wildman–Crippen MR) is 107 cm³/mol. The maximum absolute atomic E-state index is 12.9. The van der Waals surface area contributed by atoms with Crippen LogP contribution < -0.4 is 10.6 Å². The zero-order valence-electron chi connectivity index (χ0n) is 16.2. The molecule has 158 valence electrons. The second-order valence-electron chi connectivity index (χ2n) is 6.95. The average Bonchev–Trinajstić information content (AvgIpc) is 3.21. The normalized spacial score (nSPS) is 23.9. The molecule has 2 atom stereocenters. The molecule has 2 aliphatic rings. The summed E-state index contributed by atoms with van der Waals surface area (Å²) in [6, 6.07) is -0.540. The molecule has 1 aromatic heterocycles. The fourth-order valence-electron chi connectivity index (χ4n) is 3.58. The van der Waals surface area contributed by atoms with Gasteiger partial charge in [-0.3, -0.25) is 24.6 Å². The van der Waals surface area contributed by atoms with E-state index in [-0.39, 0.29) is 35.2 Å². The summed E-state index contributed by atoms with van der Waals surface area (Å²) in [5, 5.41) is 13.3. The summed E-state index contributed by atoms with van der Waals surface area (Å²) in [7, 11) is 0. The first kappa shape index (κ1) is 21.5. The Morgan fingerprint density at radius 3 is 2.90 bits per heavy atom. The molecule has 29 heavy (non-hydrogen) atoms. The minimum Gasteiger partial charge on any atom is -0.465 e. The van der Waals surface area contributed by atoms with Crippen molar-refractivity contribution in [3.05, 3.63) is 0 Å². The van der Waals surface area contributed by atoms with Crippen molar-refractivity contribution in [3.8, 4) is 0 Å². The number of nitrogens with one attached hydrogen (secondary N) is 2. The van der Waals surface area contributed by atoms with Crippen LogP contribution in [0, 0.1) is 5.92 Å². The highest BCUT2D eigenvalue weighted by Crippen LogP contribution is 2.38. The number of rotatable bonds is 7. The number of carbonyl (C=O) groups is 4. The van der Waals surface area contributed by atoms with Gasteiger partial charge in [0.1, 0.15) is 12.1 Å². The van der Waals surface area contributed by atoms with Crippen LogP contribution in [0.4, 0.5) is 9.93 Å². The fraction of sp³-hybridized carbons (Fsp3) is 0.647. The smallest absolute Gasteiger partial charge is 0.325 e. The van der Waals surface area contributed by atoms with Crippen molar-refractivity contribution in [1.82, 2.24) is 20.4 Å². The van der Waals surface area contributed by atoms with Crippen LogP contribution in [0.5, 0.6) is 0 Å². The van der Waals surface area contributed by atoms with E-state index in [1.54, 1.807) is 6.92 Å². The van der Waals surface area contributed by atoms with Gasteiger partial charge in [-0.05, 0) is 25.7 Å². The van der Waals surface area contributed by atoms with Gasteiger partial charge < -0.3 is 10.1 Å². The molecule has 4 amide bonds. The lowest BCUT2D eigenvalue weighted by Crippen LogP contribution is -2.54. The Bertz CT molecular complexity index is 816. The summed E-state index contributed by atoms with van der Waals surface area (Å²) in [5.41, 5.74) is -0.894. The molecule has 2 unspecified atom stereocenters. The summed E-state index contributed by atoms with van der Waals surface area (Å²) in [6.07, 6.45) is 3.35. The third-order valence-electron chi connectivity index (χ3n) is 5.07. The topological polar surface area (TPSA) is 131 Å². The molecule has 0 bridgehead atoms. The van der Waals surface area contributed by atoms with Crippen molar-refractivity contribution in [3.63, 3.8) is 0 Å². The number of esters is 1. The van der Waals surface area contributed by atoms with E-state index >= 15 is 0 Å². The largest absolute Gasteiger partial charge is 0.465 e. The molecule has 2 N–H and O–H groups in total. The third-order valence-corrected chi connectivity index (χ3v) is 7.02. The van der Waals surface area contributed by atoms with Crippen LogP contribution in [0.3, 0.4) is 0 Å². The van der Waals surface area contributed by atoms with Gasteiger partial charge in [-0.25, -0.2) is 4.79 Å². The molecule has 2 fully saturated rings. The molecule has 1 saturated heterocycles. The maximum Gasteiger partial charge on any atom is 0.325 e. The van der Waals surface area contributed by atoms with Crippen LogP contribution in [0.25, 0.3) is 0 Å². The van der Waals surface area contributed by atoms with E-state index in [9.17, 15) is 19.2 Å². The molecule has 10 nitrogen and oxygen atoms in total. The van der Waals surface area contributed by atoms with Crippen LogP contribution in [0.1, 0.15) is 39.5 Å². The zero-order chi connectivity index (χ0) is 21.0. The molecule has 2 heterocycles. The Morgan fingerprint density at radius 1 is 1.38 bits per heavy atom. The average molecular weight is 442 g/mol. The van der Waals surface area contributed by atoms with E-state index in [0.29, 0.717) is 17.4 Å². The number of hydrogen-bond donors (Lipinski definition) is 2. The van der Waals surface area contributed by atoms with Crippen LogP contribution >= 0.6 is 23.1 Å². The van der Waals surface area contributed by atoms with Gasteiger partial charge in [0.2, 0.25) is 11.0 Å². The number of hydrogen-bond acceptors (Lipinski definition) is 9. The minimum absolute atomic E-state index is 0.0305. The molecule has 1 saturated carbocycles. The molecule has 1 spiro atoms. The zero-order valence-corrected chi connectivity index (χ0v) is 17.9. The Morgan fingerprint density at radius 2 is 2.17 bits per heavy atom. The Balaban J connectivity index is 1.55. The number of imide groups is 1. The SMILES string of the molecule is CCOC(=O)CSc1nnc(NC(=O)CN2C(=O)NC3(CCCCC3C)C2=O)s1. The number of anilines is 1. The predicted octanol–water partition coefficient (Wildman–Crippen LogP) is 1.63. The number of ether oxygens (including phenoxy) is 1. The molecular weight excluding hydrogens is 418 g/mol. The van der Waals surface area contributed by atoms with Crippen LogP contribution in [0.15, 0.2) is 4.34 Å². The summed E-state index contributed by atoms with van der Waals surface area (Å²) < 4.78 is 5.33. The van der Waals surface area contributed by atoms with E-state index in [2.05, 4.69) is 20.8 Å². The van der Waals surface area contributed by atoms with Crippen LogP contribution in [-0.4, -0.2) is 63.4 Å². The highest BCUT2D eigenvalue weighted by molar-refractivity contribution is 8.01. The first-order valence-corrected chi connectivity index (χ1v) is 11.2. The summed E-state index contributed by atoms with van der Waals surface area (Å²) in [6.45, 7) is 3.60. The fourth-order valence-corrected chi connectivity index (χ4v) is 5.15. The van der Waals surface area contributed by atoms with Gasteiger partial charge in [-0.1, -0.05) is 42.9 Å². The van der Waals surface area contributed by atoms with Gasteiger partial charge >= 0.3 is 12.0 Å². The highest BCUT2D eigenvalue weighted by Gasteiger charge is 2.55. The second kappa shape index (κ2) is 9.08. The van der Waals surface area contributed by atoms with Crippen molar-refractivity contribution >= 4 is 52.0 Å². The van der Waals surface area contributed by atoms with Crippen molar-refractivity contribution in [2.45, 2.75) is 49.4 Å². The van der Waals surface area contributed by atoms with Crippen LogP contribution in [-0.2, 0) is 19.1 Å². The van der Waals surface area contributed by atoms with E-state index in [4.69, 9.17) is 4.74 Å². The molecule has 1 aliphatic carbocycles. The quantitative estimate of drug-likeness (QED) is 0.283. The molecule has 1 aromatic rings. The Labute approximate surface area is 176 Å². The van der Waals surface area contributed by atoms with Crippen molar-refractivity contribution in [2.24, 2.45) is 5.92 Å². The van der Waals surface area contributed by atoms with Gasteiger partial charge in [0, 0.05) is 0 Å². The lowest BCUT2D eigenvalue weighted by Gasteiger charge is -2.36. The minimum atomic E-state index is -0.894.